The lowest BCUT2D eigenvalue weighted by atomic mass is 10.3. The molecule has 1 aliphatic heterocycles. The van der Waals surface area contributed by atoms with E-state index in [1.807, 2.05) is 4.90 Å². The first kappa shape index (κ1) is 18.0. The molecule has 1 aromatic carbocycles. The summed E-state index contributed by atoms with van der Waals surface area (Å²) in [7, 11) is 0. The van der Waals surface area contributed by atoms with E-state index < -0.39 is 23.1 Å². The standard InChI is InChI=1S/C17H18F2N4O3/c1-11-8-16(25)23(17(20-11)22-4-6-26-7-5-22)10-15(24)21-14-9-12(18)2-3-13(14)19/h2-3,8-9H,4-7,10H2,1H3,(H,21,24). The largest absolute Gasteiger partial charge is 0.378 e. The number of benzene rings is 1. The third-order valence-corrected chi connectivity index (χ3v) is 3.91. The normalized spacial score (nSPS) is 14.3. The molecule has 0 unspecified atom stereocenters. The van der Waals surface area contributed by atoms with Gasteiger partial charge in [0.25, 0.3) is 5.56 Å². The summed E-state index contributed by atoms with van der Waals surface area (Å²) in [5.74, 6) is -1.74. The maximum absolute atomic E-state index is 13.7. The molecule has 0 aliphatic carbocycles. The minimum atomic E-state index is -0.762. The first-order chi connectivity index (χ1) is 12.4. The van der Waals surface area contributed by atoms with Gasteiger partial charge in [0.2, 0.25) is 11.9 Å². The molecule has 9 heteroatoms. The summed E-state index contributed by atoms with van der Waals surface area (Å²) in [6, 6.07) is 4.08. The van der Waals surface area contributed by atoms with Crippen LogP contribution in [0.4, 0.5) is 20.4 Å². The Kier molecular flexibility index (Phi) is 5.27. The molecule has 1 fully saturated rings. The summed E-state index contributed by atoms with van der Waals surface area (Å²) < 4.78 is 33.4. The fraction of sp³-hybridized carbons (Fsp3) is 0.353. The summed E-state index contributed by atoms with van der Waals surface area (Å²) in [4.78, 5) is 30.9. The Labute approximate surface area is 148 Å². The van der Waals surface area contributed by atoms with Crippen molar-refractivity contribution in [3.05, 3.63) is 51.9 Å². The van der Waals surface area contributed by atoms with Gasteiger partial charge in [0, 0.05) is 30.9 Å². The summed E-state index contributed by atoms with van der Waals surface area (Å²) in [5, 5.41) is 2.29. The number of carbonyl (C=O) groups is 1. The van der Waals surface area contributed by atoms with Crippen molar-refractivity contribution in [3.63, 3.8) is 0 Å². The lowest BCUT2D eigenvalue weighted by molar-refractivity contribution is -0.116. The summed E-state index contributed by atoms with van der Waals surface area (Å²) >= 11 is 0. The Morgan fingerprint density at radius 3 is 2.73 bits per heavy atom. The number of halogens is 2. The number of carbonyl (C=O) groups excluding carboxylic acids is 1. The number of hydrogen-bond donors (Lipinski definition) is 1. The van der Waals surface area contributed by atoms with E-state index in [4.69, 9.17) is 4.74 Å². The van der Waals surface area contributed by atoms with Crippen LogP contribution in [-0.2, 0) is 16.1 Å². The van der Waals surface area contributed by atoms with Crippen molar-refractivity contribution >= 4 is 17.5 Å². The van der Waals surface area contributed by atoms with Crippen LogP contribution in [0.1, 0.15) is 5.69 Å². The molecule has 1 amide bonds. The minimum absolute atomic E-state index is 0.281. The molecule has 7 nitrogen and oxygen atoms in total. The zero-order valence-electron chi connectivity index (χ0n) is 14.2. The Balaban J connectivity index is 1.85. The highest BCUT2D eigenvalue weighted by Crippen LogP contribution is 2.16. The smallest absolute Gasteiger partial charge is 0.255 e. The van der Waals surface area contributed by atoms with Crippen LogP contribution < -0.4 is 15.8 Å². The van der Waals surface area contributed by atoms with Crippen LogP contribution in [0.3, 0.4) is 0 Å². The van der Waals surface area contributed by atoms with Crippen LogP contribution in [0.5, 0.6) is 0 Å². The van der Waals surface area contributed by atoms with Gasteiger partial charge in [-0.2, -0.15) is 0 Å². The van der Waals surface area contributed by atoms with Gasteiger partial charge in [0.15, 0.2) is 0 Å². The molecule has 138 valence electrons. The van der Waals surface area contributed by atoms with E-state index in [1.54, 1.807) is 6.92 Å². The molecule has 0 spiro atoms. The van der Waals surface area contributed by atoms with Gasteiger partial charge in [-0.15, -0.1) is 0 Å². The number of aryl methyl sites for hydroxylation is 1. The van der Waals surface area contributed by atoms with Gasteiger partial charge < -0.3 is 15.0 Å². The zero-order chi connectivity index (χ0) is 18.7. The van der Waals surface area contributed by atoms with Crippen molar-refractivity contribution in [2.45, 2.75) is 13.5 Å². The third kappa shape index (κ3) is 4.05. The number of amides is 1. The van der Waals surface area contributed by atoms with Gasteiger partial charge in [0.1, 0.15) is 18.2 Å². The number of morpholine rings is 1. The van der Waals surface area contributed by atoms with Gasteiger partial charge in [-0.1, -0.05) is 0 Å². The second-order valence-electron chi connectivity index (χ2n) is 5.89. The molecule has 0 saturated carbocycles. The molecule has 2 aromatic rings. The maximum Gasteiger partial charge on any atom is 0.255 e. The third-order valence-electron chi connectivity index (χ3n) is 3.91. The molecule has 1 aromatic heterocycles. The Bertz CT molecular complexity index is 879. The predicted molar refractivity (Wildman–Crippen MR) is 91.3 cm³/mol. The number of rotatable bonds is 4. The lowest BCUT2D eigenvalue weighted by Gasteiger charge is -2.29. The quantitative estimate of drug-likeness (QED) is 0.885. The highest BCUT2D eigenvalue weighted by molar-refractivity contribution is 5.90. The van der Waals surface area contributed by atoms with Crippen molar-refractivity contribution in [1.82, 2.24) is 9.55 Å². The molecule has 0 bridgehead atoms. The number of ether oxygens (including phenoxy) is 1. The van der Waals surface area contributed by atoms with E-state index in [0.29, 0.717) is 37.9 Å². The Hall–Kier alpha value is -2.81. The van der Waals surface area contributed by atoms with Crippen LogP contribution in [0.15, 0.2) is 29.1 Å². The van der Waals surface area contributed by atoms with Gasteiger partial charge >= 0.3 is 0 Å². The number of nitrogens with zero attached hydrogens (tertiary/aromatic N) is 3. The Morgan fingerprint density at radius 2 is 2.00 bits per heavy atom. The second kappa shape index (κ2) is 7.61. The number of nitrogens with one attached hydrogen (secondary N) is 1. The van der Waals surface area contributed by atoms with E-state index in [2.05, 4.69) is 10.3 Å². The van der Waals surface area contributed by atoms with Crippen molar-refractivity contribution in [3.8, 4) is 0 Å². The first-order valence-corrected chi connectivity index (χ1v) is 8.10. The minimum Gasteiger partial charge on any atom is -0.378 e. The fourth-order valence-electron chi connectivity index (χ4n) is 2.69. The molecule has 1 aliphatic rings. The Morgan fingerprint density at radius 1 is 1.27 bits per heavy atom. The average Bonchev–Trinajstić information content (AvgIpc) is 2.61. The highest BCUT2D eigenvalue weighted by Gasteiger charge is 2.20. The molecule has 3 rings (SSSR count). The number of hydrogen-bond acceptors (Lipinski definition) is 5. The zero-order valence-corrected chi connectivity index (χ0v) is 14.2. The van der Waals surface area contributed by atoms with E-state index in [-0.39, 0.29) is 12.2 Å². The topological polar surface area (TPSA) is 76.5 Å². The summed E-state index contributed by atoms with van der Waals surface area (Å²) in [6.45, 7) is 3.38. The molecule has 1 saturated heterocycles. The molecule has 0 atom stereocenters. The monoisotopic (exact) mass is 364 g/mol. The lowest BCUT2D eigenvalue weighted by Crippen LogP contribution is -2.41. The molecular formula is C17H18F2N4O3. The number of aromatic nitrogens is 2. The second-order valence-corrected chi connectivity index (χ2v) is 5.89. The molecular weight excluding hydrogens is 346 g/mol. The van der Waals surface area contributed by atoms with Gasteiger partial charge in [-0.25, -0.2) is 13.8 Å². The van der Waals surface area contributed by atoms with Crippen LogP contribution in [0, 0.1) is 18.6 Å². The van der Waals surface area contributed by atoms with E-state index in [1.165, 1.54) is 10.6 Å². The first-order valence-electron chi connectivity index (χ1n) is 8.10. The van der Waals surface area contributed by atoms with Crippen molar-refractivity contribution in [2.75, 3.05) is 36.5 Å². The molecule has 26 heavy (non-hydrogen) atoms. The van der Waals surface area contributed by atoms with Crippen LogP contribution in [0.2, 0.25) is 0 Å². The SMILES string of the molecule is Cc1cc(=O)n(CC(=O)Nc2cc(F)ccc2F)c(N2CCOCC2)n1. The summed E-state index contributed by atoms with van der Waals surface area (Å²) in [5.41, 5.74) is -0.144. The molecule has 0 radical (unpaired) electrons. The average molecular weight is 364 g/mol. The van der Waals surface area contributed by atoms with Crippen LogP contribution in [-0.4, -0.2) is 41.8 Å². The van der Waals surface area contributed by atoms with E-state index >= 15 is 0 Å². The van der Waals surface area contributed by atoms with Gasteiger partial charge in [-0.05, 0) is 19.1 Å². The van der Waals surface area contributed by atoms with E-state index in [0.717, 1.165) is 18.2 Å². The van der Waals surface area contributed by atoms with Crippen molar-refractivity contribution in [1.29, 1.82) is 0 Å². The maximum atomic E-state index is 13.7. The van der Waals surface area contributed by atoms with Gasteiger partial charge in [-0.3, -0.25) is 14.2 Å². The molecule has 1 N–H and O–H groups in total. The van der Waals surface area contributed by atoms with E-state index in [9.17, 15) is 18.4 Å². The predicted octanol–water partition coefficient (Wildman–Crippen LogP) is 1.31. The molecule has 2 heterocycles. The van der Waals surface area contributed by atoms with Crippen molar-refractivity contribution in [2.24, 2.45) is 0 Å². The number of anilines is 2. The van der Waals surface area contributed by atoms with Crippen molar-refractivity contribution < 1.29 is 18.3 Å². The van der Waals surface area contributed by atoms with Gasteiger partial charge in [0.05, 0.1) is 18.9 Å². The fourth-order valence-corrected chi connectivity index (χ4v) is 2.69. The highest BCUT2D eigenvalue weighted by atomic mass is 19.1. The summed E-state index contributed by atoms with van der Waals surface area (Å²) in [6.07, 6.45) is 0. The van der Waals surface area contributed by atoms with Crippen LogP contribution in [0.25, 0.3) is 0 Å². The van der Waals surface area contributed by atoms with Crippen LogP contribution >= 0.6 is 0 Å².